The molecule has 1 fully saturated rings. The molecule has 7 nitrogen and oxygen atoms in total. The highest BCUT2D eigenvalue weighted by Gasteiger charge is 2.41. The van der Waals surface area contributed by atoms with Crippen LogP contribution in [0.1, 0.15) is 26.3 Å². The van der Waals surface area contributed by atoms with Gasteiger partial charge in [0, 0.05) is 12.5 Å². The van der Waals surface area contributed by atoms with Crippen LogP contribution in [0, 0.1) is 5.92 Å². The van der Waals surface area contributed by atoms with Gasteiger partial charge in [0.05, 0.1) is 17.3 Å². The fraction of sp³-hybridized carbons (Fsp3) is 0.471. The van der Waals surface area contributed by atoms with Crippen molar-refractivity contribution in [3.05, 3.63) is 22.7 Å². The van der Waals surface area contributed by atoms with E-state index in [0.717, 1.165) is 5.56 Å². The van der Waals surface area contributed by atoms with E-state index in [9.17, 15) is 9.59 Å². The van der Waals surface area contributed by atoms with Crippen LogP contribution in [0.4, 0.5) is 5.69 Å². The normalized spacial score (nSPS) is 18.4. The summed E-state index contributed by atoms with van der Waals surface area (Å²) in [6.07, 6.45) is 0. The largest absolute Gasteiger partial charge is 0.488 e. The molecule has 0 bridgehead atoms. The van der Waals surface area contributed by atoms with E-state index in [1.54, 1.807) is 6.07 Å². The molecule has 2 aliphatic heterocycles. The summed E-state index contributed by atoms with van der Waals surface area (Å²) in [6, 6.07) is 3.27. The van der Waals surface area contributed by atoms with Gasteiger partial charge >= 0.3 is 5.97 Å². The highest BCUT2D eigenvalue weighted by atomic mass is 35.5. The molecule has 1 unspecified atom stereocenters. The van der Waals surface area contributed by atoms with Crippen LogP contribution < -0.4 is 10.1 Å². The number of esters is 1. The van der Waals surface area contributed by atoms with E-state index < -0.39 is 0 Å². The fourth-order valence-electron chi connectivity index (χ4n) is 3.03. The number of nitrogens with zero attached hydrogens (tertiary/aromatic N) is 2. The highest BCUT2D eigenvalue weighted by Crippen LogP contribution is 2.39. The monoisotopic (exact) mass is 365 g/mol. The van der Waals surface area contributed by atoms with Crippen LogP contribution in [-0.2, 0) is 20.9 Å². The Morgan fingerprint density at radius 2 is 2.20 bits per heavy atom. The van der Waals surface area contributed by atoms with Gasteiger partial charge in [-0.25, -0.2) is 4.99 Å². The van der Waals surface area contributed by atoms with Crippen LogP contribution in [-0.4, -0.2) is 42.0 Å². The summed E-state index contributed by atoms with van der Waals surface area (Å²) in [5, 5.41) is 3.29. The maximum absolute atomic E-state index is 12.2. The average Bonchev–Trinajstić information content (AvgIpc) is 2.86. The maximum Gasteiger partial charge on any atom is 0.302 e. The predicted molar refractivity (Wildman–Crippen MR) is 93.0 cm³/mol. The summed E-state index contributed by atoms with van der Waals surface area (Å²) < 4.78 is 10.4. The predicted octanol–water partition coefficient (Wildman–Crippen LogP) is 2.24. The smallest absolute Gasteiger partial charge is 0.302 e. The van der Waals surface area contributed by atoms with E-state index in [2.05, 4.69) is 10.3 Å². The molecule has 0 radical (unpaired) electrons. The molecule has 1 amide bonds. The van der Waals surface area contributed by atoms with Crippen molar-refractivity contribution in [1.82, 2.24) is 10.2 Å². The van der Waals surface area contributed by atoms with Crippen LogP contribution >= 0.6 is 11.6 Å². The Kier molecular flexibility index (Phi) is 4.85. The van der Waals surface area contributed by atoms with Crippen molar-refractivity contribution in [2.45, 2.75) is 33.4 Å². The minimum absolute atomic E-state index is 0.0458. The molecule has 0 spiro atoms. The lowest BCUT2D eigenvalue weighted by Crippen LogP contribution is -2.40. The molecule has 3 rings (SSSR count). The van der Waals surface area contributed by atoms with Gasteiger partial charge in [0.25, 0.3) is 0 Å². The SMILES string of the molecule is CC(=O)OCCOc1ccc2c(c1Cl)CN1C(=N2)NC(=O)C1C(C)C. The van der Waals surface area contributed by atoms with E-state index in [0.29, 0.717) is 29.0 Å². The number of fused-ring (bicyclic) bond motifs is 2. The number of amides is 1. The van der Waals surface area contributed by atoms with Gasteiger partial charge in [-0.05, 0) is 18.1 Å². The van der Waals surface area contributed by atoms with Crippen molar-refractivity contribution >= 4 is 35.1 Å². The third-order valence-corrected chi connectivity index (χ3v) is 4.54. The zero-order valence-electron chi connectivity index (χ0n) is 14.3. The Bertz CT molecular complexity index is 748. The van der Waals surface area contributed by atoms with Crippen LogP contribution in [0.25, 0.3) is 0 Å². The minimum atomic E-state index is -0.354. The number of carbonyl (C=O) groups excluding carboxylic acids is 2. The third-order valence-electron chi connectivity index (χ3n) is 4.13. The first kappa shape index (κ1) is 17.5. The lowest BCUT2D eigenvalue weighted by Gasteiger charge is -2.30. The van der Waals surface area contributed by atoms with Gasteiger partial charge in [0.15, 0.2) is 0 Å². The van der Waals surface area contributed by atoms with Gasteiger partial charge < -0.3 is 14.4 Å². The number of guanidine groups is 1. The molecule has 1 atom stereocenters. The zero-order chi connectivity index (χ0) is 18.1. The first-order valence-electron chi connectivity index (χ1n) is 8.12. The second-order valence-electron chi connectivity index (χ2n) is 6.31. The second-order valence-corrected chi connectivity index (χ2v) is 6.68. The molecular weight excluding hydrogens is 346 g/mol. The Morgan fingerprint density at radius 3 is 2.88 bits per heavy atom. The van der Waals surface area contributed by atoms with Crippen molar-refractivity contribution in [3.63, 3.8) is 0 Å². The lowest BCUT2D eigenvalue weighted by atomic mass is 10.0. The van der Waals surface area contributed by atoms with Gasteiger partial charge in [0.2, 0.25) is 11.9 Å². The van der Waals surface area contributed by atoms with Crippen molar-refractivity contribution in [2.24, 2.45) is 10.9 Å². The van der Waals surface area contributed by atoms with Gasteiger partial charge in [0.1, 0.15) is 25.0 Å². The summed E-state index contributed by atoms with van der Waals surface area (Å²) in [5.74, 6) is 0.821. The number of hydrogen-bond donors (Lipinski definition) is 1. The fourth-order valence-corrected chi connectivity index (χ4v) is 3.31. The number of benzene rings is 1. The summed E-state index contributed by atoms with van der Waals surface area (Å²) in [5.41, 5.74) is 1.53. The Balaban J connectivity index is 1.80. The molecule has 2 aliphatic rings. The van der Waals surface area contributed by atoms with E-state index >= 15 is 0 Å². The topological polar surface area (TPSA) is 80.2 Å². The minimum Gasteiger partial charge on any atom is -0.488 e. The van der Waals surface area contributed by atoms with Gasteiger partial charge in [-0.2, -0.15) is 0 Å². The highest BCUT2D eigenvalue weighted by molar-refractivity contribution is 6.33. The summed E-state index contributed by atoms with van der Waals surface area (Å²) in [7, 11) is 0. The Hall–Kier alpha value is -2.28. The van der Waals surface area contributed by atoms with Crippen molar-refractivity contribution in [1.29, 1.82) is 0 Å². The van der Waals surface area contributed by atoms with Crippen molar-refractivity contribution in [3.8, 4) is 5.75 Å². The van der Waals surface area contributed by atoms with E-state index in [-0.39, 0.29) is 37.0 Å². The molecule has 0 aliphatic carbocycles. The molecule has 25 heavy (non-hydrogen) atoms. The molecule has 1 aromatic carbocycles. The summed E-state index contributed by atoms with van der Waals surface area (Å²) in [4.78, 5) is 29.4. The van der Waals surface area contributed by atoms with Gasteiger partial charge in [-0.3, -0.25) is 14.9 Å². The van der Waals surface area contributed by atoms with E-state index in [1.807, 2.05) is 24.8 Å². The molecule has 1 N–H and O–H groups in total. The molecule has 134 valence electrons. The number of halogens is 1. The van der Waals surface area contributed by atoms with E-state index in [4.69, 9.17) is 21.1 Å². The quantitative estimate of drug-likeness (QED) is 0.639. The molecule has 2 heterocycles. The standard InChI is InChI=1S/C17H20ClN3O4/c1-9(2)15-16(23)20-17-19-12-4-5-13(25-7-6-24-10(3)22)14(18)11(12)8-21(15)17/h4-5,9,15H,6-8H2,1-3H3,(H,19,20,23). The van der Waals surface area contributed by atoms with Crippen LogP contribution in [0.5, 0.6) is 5.75 Å². The average molecular weight is 366 g/mol. The van der Waals surface area contributed by atoms with Crippen LogP contribution in [0.3, 0.4) is 0 Å². The van der Waals surface area contributed by atoms with Crippen molar-refractivity contribution < 1.29 is 19.1 Å². The zero-order valence-corrected chi connectivity index (χ0v) is 15.1. The number of nitrogens with one attached hydrogen (secondary N) is 1. The molecule has 1 aromatic rings. The number of hydrogen-bond acceptors (Lipinski definition) is 6. The van der Waals surface area contributed by atoms with Gasteiger partial charge in [-0.1, -0.05) is 25.4 Å². The summed E-state index contributed by atoms with van der Waals surface area (Å²) >= 11 is 6.49. The first-order valence-corrected chi connectivity index (χ1v) is 8.50. The summed E-state index contributed by atoms with van der Waals surface area (Å²) in [6.45, 7) is 6.20. The molecular formula is C17H20ClN3O4. The Labute approximate surface area is 150 Å². The first-order chi connectivity index (χ1) is 11.9. The maximum atomic E-state index is 12.2. The third kappa shape index (κ3) is 3.42. The number of carbonyl (C=O) groups is 2. The van der Waals surface area contributed by atoms with Gasteiger partial charge in [-0.15, -0.1) is 0 Å². The Morgan fingerprint density at radius 1 is 1.44 bits per heavy atom. The number of rotatable bonds is 5. The molecule has 1 saturated heterocycles. The van der Waals surface area contributed by atoms with Crippen LogP contribution in [0.2, 0.25) is 5.02 Å². The van der Waals surface area contributed by atoms with E-state index in [1.165, 1.54) is 6.92 Å². The van der Waals surface area contributed by atoms with Crippen molar-refractivity contribution in [2.75, 3.05) is 13.2 Å². The second kappa shape index (κ2) is 6.92. The molecule has 0 aromatic heterocycles. The number of ether oxygens (including phenoxy) is 2. The molecule has 8 heteroatoms. The van der Waals surface area contributed by atoms with Crippen LogP contribution in [0.15, 0.2) is 17.1 Å². The number of aliphatic imine (C=N–C) groups is 1. The lowest BCUT2D eigenvalue weighted by molar-refractivity contribution is -0.141. The molecule has 0 saturated carbocycles.